The lowest BCUT2D eigenvalue weighted by Gasteiger charge is -2.10. The van der Waals surface area contributed by atoms with E-state index in [-0.39, 0.29) is 6.10 Å². The third-order valence-electron chi connectivity index (χ3n) is 3.96. The summed E-state index contributed by atoms with van der Waals surface area (Å²) < 4.78 is 8.24. The Morgan fingerprint density at radius 2 is 2.19 bits per heavy atom. The molecule has 1 aliphatic carbocycles. The van der Waals surface area contributed by atoms with Crippen LogP contribution in [0.5, 0.6) is 5.75 Å². The average Bonchev–Trinajstić information content (AvgIpc) is 3.19. The Morgan fingerprint density at radius 3 is 2.86 bits per heavy atom. The lowest BCUT2D eigenvalue weighted by molar-refractivity contribution is 0.245. The summed E-state index contributed by atoms with van der Waals surface area (Å²) in [5, 5.41) is 0. The first kappa shape index (κ1) is 14.7. The minimum atomic E-state index is 0.156. The number of halogens is 1. The molecule has 0 bridgehead atoms. The van der Waals surface area contributed by atoms with Gasteiger partial charge in [-0.2, -0.15) is 0 Å². The third-order valence-corrected chi connectivity index (χ3v) is 4.15. The standard InChI is InChI=1S/C17H23ClN2O/c1-12(2)21-15-5-3-4-14-17(15)19-16(8-10-18)20(14)11-9-13-6-7-13/h3-5,12-13H,6-11H2,1-2H3. The van der Waals surface area contributed by atoms with E-state index in [1.165, 1.54) is 24.8 Å². The molecule has 3 rings (SSSR count). The molecule has 0 radical (unpaired) electrons. The summed E-state index contributed by atoms with van der Waals surface area (Å²) in [5.74, 6) is 3.48. The summed E-state index contributed by atoms with van der Waals surface area (Å²) >= 11 is 5.95. The van der Waals surface area contributed by atoms with Crippen LogP contribution in [0.25, 0.3) is 11.0 Å². The van der Waals surface area contributed by atoms with E-state index in [1.54, 1.807) is 0 Å². The predicted octanol–water partition coefficient (Wildman–Crippen LogP) is 4.40. The van der Waals surface area contributed by atoms with Crippen molar-refractivity contribution in [3.8, 4) is 5.75 Å². The average molecular weight is 307 g/mol. The summed E-state index contributed by atoms with van der Waals surface area (Å²) in [5.41, 5.74) is 2.15. The number of aromatic nitrogens is 2. The number of rotatable bonds is 7. The first-order chi connectivity index (χ1) is 10.2. The van der Waals surface area contributed by atoms with Crippen molar-refractivity contribution in [2.24, 2.45) is 5.92 Å². The van der Waals surface area contributed by atoms with E-state index in [0.29, 0.717) is 5.88 Å². The highest BCUT2D eigenvalue weighted by atomic mass is 35.5. The summed E-state index contributed by atoms with van der Waals surface area (Å²) in [7, 11) is 0. The van der Waals surface area contributed by atoms with Crippen molar-refractivity contribution in [3.63, 3.8) is 0 Å². The number of para-hydroxylation sites is 1. The molecule has 114 valence electrons. The lowest BCUT2D eigenvalue weighted by Crippen LogP contribution is -2.06. The third kappa shape index (κ3) is 3.34. The quantitative estimate of drug-likeness (QED) is 0.709. The van der Waals surface area contributed by atoms with Crippen LogP contribution >= 0.6 is 11.6 Å². The van der Waals surface area contributed by atoms with Gasteiger partial charge >= 0.3 is 0 Å². The van der Waals surface area contributed by atoms with Gasteiger partial charge in [0, 0.05) is 18.8 Å². The van der Waals surface area contributed by atoms with Crippen molar-refractivity contribution in [1.29, 1.82) is 0 Å². The molecule has 2 aromatic rings. The van der Waals surface area contributed by atoms with Crippen molar-refractivity contribution in [1.82, 2.24) is 9.55 Å². The van der Waals surface area contributed by atoms with E-state index < -0.39 is 0 Å². The first-order valence-electron chi connectivity index (χ1n) is 7.89. The maximum absolute atomic E-state index is 5.95. The smallest absolute Gasteiger partial charge is 0.147 e. The second-order valence-corrected chi connectivity index (χ2v) is 6.52. The van der Waals surface area contributed by atoms with E-state index >= 15 is 0 Å². The molecular weight excluding hydrogens is 284 g/mol. The van der Waals surface area contributed by atoms with Gasteiger partial charge in [0.15, 0.2) is 0 Å². The van der Waals surface area contributed by atoms with Crippen LogP contribution in [0.15, 0.2) is 18.2 Å². The zero-order valence-corrected chi connectivity index (χ0v) is 13.6. The number of hydrogen-bond donors (Lipinski definition) is 0. The van der Waals surface area contributed by atoms with Crippen LogP contribution < -0.4 is 4.74 Å². The van der Waals surface area contributed by atoms with E-state index in [0.717, 1.165) is 36.0 Å². The number of ether oxygens (including phenoxy) is 1. The summed E-state index contributed by atoms with van der Waals surface area (Å²) in [6.07, 6.45) is 4.99. The maximum Gasteiger partial charge on any atom is 0.147 e. The van der Waals surface area contributed by atoms with Crippen LogP contribution in [0, 0.1) is 5.92 Å². The summed E-state index contributed by atoms with van der Waals surface area (Å²) in [6.45, 7) is 5.13. The van der Waals surface area contributed by atoms with Gasteiger partial charge in [0.25, 0.3) is 0 Å². The van der Waals surface area contributed by atoms with Crippen molar-refractivity contribution in [2.45, 2.75) is 52.2 Å². The molecule has 0 unspecified atom stereocenters. The minimum absolute atomic E-state index is 0.156. The van der Waals surface area contributed by atoms with Gasteiger partial charge in [-0.3, -0.25) is 0 Å². The molecule has 0 amide bonds. The molecule has 1 fully saturated rings. The van der Waals surface area contributed by atoms with Gasteiger partial charge in [-0.05, 0) is 38.3 Å². The SMILES string of the molecule is CC(C)Oc1cccc2c1nc(CCCl)n2CCC1CC1. The van der Waals surface area contributed by atoms with Crippen LogP contribution in [0.4, 0.5) is 0 Å². The largest absolute Gasteiger partial charge is 0.489 e. The van der Waals surface area contributed by atoms with Crippen molar-refractivity contribution in [2.75, 3.05) is 5.88 Å². The number of benzene rings is 1. The van der Waals surface area contributed by atoms with E-state index in [4.69, 9.17) is 21.3 Å². The number of aryl methyl sites for hydroxylation is 2. The molecule has 21 heavy (non-hydrogen) atoms. The van der Waals surface area contributed by atoms with Crippen molar-refractivity contribution in [3.05, 3.63) is 24.0 Å². The number of nitrogens with zero attached hydrogens (tertiary/aromatic N) is 2. The first-order valence-corrected chi connectivity index (χ1v) is 8.43. The molecule has 1 heterocycles. The molecule has 3 nitrogen and oxygen atoms in total. The summed E-state index contributed by atoms with van der Waals surface area (Å²) in [4.78, 5) is 4.81. The molecule has 1 aromatic carbocycles. The number of alkyl halides is 1. The van der Waals surface area contributed by atoms with Crippen molar-refractivity contribution < 1.29 is 4.74 Å². The fraction of sp³-hybridized carbons (Fsp3) is 0.588. The Bertz CT molecular complexity index is 617. The normalized spacial score (nSPS) is 15.0. The molecule has 0 aliphatic heterocycles. The van der Waals surface area contributed by atoms with Crippen LogP contribution in [0.1, 0.15) is 38.9 Å². The van der Waals surface area contributed by atoms with Crippen molar-refractivity contribution >= 4 is 22.6 Å². The van der Waals surface area contributed by atoms with Crippen LogP contribution in [0.2, 0.25) is 0 Å². The molecule has 0 N–H and O–H groups in total. The zero-order chi connectivity index (χ0) is 14.8. The van der Waals surface area contributed by atoms with Crippen LogP contribution in [-0.2, 0) is 13.0 Å². The Kier molecular flexibility index (Phi) is 4.39. The van der Waals surface area contributed by atoms with Gasteiger partial charge in [-0.15, -0.1) is 11.6 Å². The summed E-state index contributed by atoms with van der Waals surface area (Å²) in [6, 6.07) is 6.20. The molecule has 1 saturated carbocycles. The zero-order valence-electron chi connectivity index (χ0n) is 12.8. The molecule has 0 spiro atoms. The highest BCUT2D eigenvalue weighted by Crippen LogP contribution is 2.34. The maximum atomic E-state index is 5.95. The topological polar surface area (TPSA) is 27.1 Å². The number of hydrogen-bond acceptors (Lipinski definition) is 2. The minimum Gasteiger partial charge on any atom is -0.489 e. The number of fused-ring (bicyclic) bond motifs is 1. The fourth-order valence-corrected chi connectivity index (χ4v) is 2.93. The molecule has 0 saturated heterocycles. The van der Waals surface area contributed by atoms with E-state index in [1.807, 2.05) is 19.9 Å². The molecular formula is C17H23ClN2O. The second-order valence-electron chi connectivity index (χ2n) is 6.14. The van der Waals surface area contributed by atoms with E-state index in [2.05, 4.69) is 16.7 Å². The molecule has 1 aromatic heterocycles. The number of imidazole rings is 1. The predicted molar refractivity (Wildman–Crippen MR) is 87.3 cm³/mol. The fourth-order valence-electron chi connectivity index (χ4n) is 2.76. The van der Waals surface area contributed by atoms with Gasteiger partial charge in [-0.25, -0.2) is 4.98 Å². The molecule has 1 aliphatic rings. The monoisotopic (exact) mass is 306 g/mol. The Balaban J connectivity index is 1.98. The lowest BCUT2D eigenvalue weighted by atomic mass is 10.2. The van der Waals surface area contributed by atoms with E-state index in [9.17, 15) is 0 Å². The van der Waals surface area contributed by atoms with Crippen LogP contribution in [-0.4, -0.2) is 21.5 Å². The van der Waals surface area contributed by atoms with Crippen LogP contribution in [0.3, 0.4) is 0 Å². The molecule has 4 heteroatoms. The Hall–Kier alpha value is -1.22. The Labute approximate surface area is 131 Å². The highest BCUT2D eigenvalue weighted by Gasteiger charge is 2.22. The second kappa shape index (κ2) is 6.27. The Morgan fingerprint density at radius 1 is 1.38 bits per heavy atom. The highest BCUT2D eigenvalue weighted by molar-refractivity contribution is 6.17. The van der Waals surface area contributed by atoms with Gasteiger partial charge in [0.2, 0.25) is 0 Å². The van der Waals surface area contributed by atoms with Gasteiger partial charge < -0.3 is 9.30 Å². The van der Waals surface area contributed by atoms with Gasteiger partial charge in [-0.1, -0.05) is 18.9 Å². The van der Waals surface area contributed by atoms with Gasteiger partial charge in [0.1, 0.15) is 17.1 Å². The van der Waals surface area contributed by atoms with Gasteiger partial charge in [0.05, 0.1) is 11.6 Å². The molecule has 0 atom stereocenters.